The molecule has 2 aromatic rings. The first kappa shape index (κ1) is 55.2. The zero-order valence-electron chi connectivity index (χ0n) is 42.4. The number of nitrogens with zero attached hydrogens (tertiary/aromatic N) is 3. The van der Waals surface area contributed by atoms with E-state index in [2.05, 4.69) is 26.2 Å². The van der Waals surface area contributed by atoms with Crippen LogP contribution in [0.1, 0.15) is 89.4 Å². The molecule has 7 N–H and O–H groups in total. The van der Waals surface area contributed by atoms with Crippen LogP contribution in [0.25, 0.3) is 0 Å². The predicted octanol–water partition coefficient (Wildman–Crippen LogP) is -0.839. The Bertz CT molecular complexity index is 2530. The van der Waals surface area contributed by atoms with Crippen molar-refractivity contribution in [3.05, 3.63) is 51.6 Å². The molecule has 0 spiro atoms. The van der Waals surface area contributed by atoms with Crippen LogP contribution >= 0.6 is 0 Å². The summed E-state index contributed by atoms with van der Waals surface area (Å²) >= 11 is 0. The molecule has 402 valence electrons. The molecule has 4 heterocycles. The number of fused-ring (bicyclic) bond motifs is 3. The van der Waals surface area contributed by atoms with Crippen molar-refractivity contribution in [3.63, 3.8) is 0 Å². The summed E-state index contributed by atoms with van der Waals surface area (Å²) in [6.07, 6.45) is 0.760. The zero-order chi connectivity index (χ0) is 53.5. The second kappa shape index (κ2) is 24.2. The summed E-state index contributed by atoms with van der Waals surface area (Å²) in [5.41, 5.74) is 0.0851. The van der Waals surface area contributed by atoms with Gasteiger partial charge >= 0.3 is 0 Å². The first-order valence-electron chi connectivity index (χ1n) is 25.1. The minimum absolute atomic E-state index is 0.000594. The van der Waals surface area contributed by atoms with Crippen LogP contribution in [0.2, 0.25) is 0 Å². The zero-order valence-corrected chi connectivity index (χ0v) is 42.4. The minimum atomic E-state index is -0.657. The summed E-state index contributed by atoms with van der Waals surface area (Å²) in [4.78, 5) is 119. The molecular formula is C51H67N7O16. The van der Waals surface area contributed by atoms with Crippen LogP contribution in [0.5, 0.6) is 17.2 Å². The third-order valence-corrected chi connectivity index (χ3v) is 14.7. The Balaban J connectivity index is 0.000000423. The Morgan fingerprint density at radius 1 is 0.784 bits per heavy atom. The fourth-order valence-electron chi connectivity index (χ4n) is 10.3. The van der Waals surface area contributed by atoms with E-state index < -0.39 is 72.0 Å². The van der Waals surface area contributed by atoms with E-state index in [-0.39, 0.29) is 133 Å². The molecular weight excluding hydrogens is 967 g/mol. The van der Waals surface area contributed by atoms with E-state index in [4.69, 9.17) is 18.9 Å². The molecule has 4 saturated heterocycles. The minimum Gasteiger partial charge on any atom is -0.507 e. The van der Waals surface area contributed by atoms with Crippen LogP contribution in [0.3, 0.4) is 0 Å². The number of likely N-dealkylation sites (tertiary alicyclic amines) is 2. The number of phenolic OH excluding ortho intramolecular Hbond substituents is 2. The quantitative estimate of drug-likeness (QED) is 0.0680. The third-order valence-electron chi connectivity index (χ3n) is 14.7. The van der Waals surface area contributed by atoms with Gasteiger partial charge in [0, 0.05) is 106 Å². The monoisotopic (exact) mass is 1030 g/mol. The maximum atomic E-state index is 13.5. The van der Waals surface area contributed by atoms with Gasteiger partial charge in [-0.2, -0.15) is 0 Å². The summed E-state index contributed by atoms with van der Waals surface area (Å²) in [6, 6.07) is 4.71. The number of aromatic hydroxyl groups is 2. The summed E-state index contributed by atoms with van der Waals surface area (Å²) < 4.78 is 21.3. The van der Waals surface area contributed by atoms with E-state index in [0.29, 0.717) is 31.7 Å². The van der Waals surface area contributed by atoms with Crippen molar-refractivity contribution in [1.82, 2.24) is 36.0 Å². The van der Waals surface area contributed by atoms with Gasteiger partial charge in [0.2, 0.25) is 47.1 Å². The van der Waals surface area contributed by atoms with Gasteiger partial charge in [0.15, 0.2) is 12.1 Å². The van der Waals surface area contributed by atoms with E-state index in [0.717, 1.165) is 31.0 Å². The molecule has 23 nitrogen and oxygen atoms in total. The van der Waals surface area contributed by atoms with Crippen LogP contribution in [-0.2, 0) is 60.6 Å². The number of ether oxygens (including phenoxy) is 4. The van der Waals surface area contributed by atoms with Gasteiger partial charge in [0.25, 0.3) is 0 Å². The number of benzene rings is 2. The molecule has 0 aromatic heterocycles. The number of carbonyl (C=O) groups excluding carboxylic acids is 9. The molecule has 0 bridgehead atoms. The van der Waals surface area contributed by atoms with Crippen LogP contribution in [0.4, 0.5) is 0 Å². The first-order chi connectivity index (χ1) is 35.3. The molecule has 7 amide bonds. The topological polar surface area (TPSA) is 309 Å². The number of aliphatic hydroxyl groups is 1. The normalized spacial score (nSPS) is 23.7. The molecule has 0 saturated carbocycles. The standard InChI is InChI=1S/C40H46N6O12.C11H21NO4/c1-19(2)24-12-31(51)46(40(24)57)10-9-27(47)42-14-29(49)44-16-30(50)43-15-28(48)41-13-20-17-45(18-20)39(56)21-7-8-22-25(11-21)37(54)33-34(35(22)52)38(55)32-23(36(33)53)5-4-6-26(32)58-3;1-8-11(13)9(3-5-15-8)12-4-6-16-10(7-12)14-2/h4-6,19-21,24,52,54H,7-18H2,1-3H3,(H,41,48)(H,42,47)(H,43,50)(H,44,49);8-11,13H,3-7H2,1-2H3/t;8-,9?,10-,11+/m.0/s1. The maximum Gasteiger partial charge on any atom is 0.239 e. The van der Waals surface area contributed by atoms with E-state index in [9.17, 15) is 58.5 Å². The van der Waals surface area contributed by atoms with Gasteiger partial charge in [0.05, 0.1) is 62.2 Å². The molecule has 23 heteroatoms. The average molecular weight is 1030 g/mol. The van der Waals surface area contributed by atoms with Crippen LogP contribution in [0, 0.1) is 23.7 Å². The average Bonchev–Trinajstić information content (AvgIpc) is 3.68. The highest BCUT2D eigenvalue weighted by Gasteiger charge is 2.44. The van der Waals surface area contributed by atoms with Gasteiger partial charge in [-0.05, 0) is 44.6 Å². The number of imide groups is 1. The summed E-state index contributed by atoms with van der Waals surface area (Å²) in [6.45, 7) is 8.22. The van der Waals surface area contributed by atoms with E-state index >= 15 is 0 Å². The van der Waals surface area contributed by atoms with Crippen molar-refractivity contribution in [2.24, 2.45) is 23.7 Å². The molecule has 0 radical (unpaired) electrons. The van der Waals surface area contributed by atoms with Gasteiger partial charge in [-0.15, -0.1) is 0 Å². The highest BCUT2D eigenvalue weighted by Crippen LogP contribution is 2.48. The lowest BCUT2D eigenvalue weighted by molar-refractivity contribution is -0.190. The Hall–Kier alpha value is -6.53. The maximum absolute atomic E-state index is 13.5. The third kappa shape index (κ3) is 12.2. The van der Waals surface area contributed by atoms with Gasteiger partial charge in [-0.25, -0.2) is 0 Å². The number of morpholine rings is 1. The van der Waals surface area contributed by atoms with Crippen molar-refractivity contribution in [1.29, 1.82) is 0 Å². The summed E-state index contributed by atoms with van der Waals surface area (Å²) in [7, 11) is 3.01. The van der Waals surface area contributed by atoms with Crippen molar-refractivity contribution < 1.29 is 77.4 Å². The van der Waals surface area contributed by atoms with E-state index in [1.54, 1.807) is 18.1 Å². The second-order valence-corrected chi connectivity index (χ2v) is 19.8. The van der Waals surface area contributed by atoms with Gasteiger partial charge in [-0.3, -0.25) is 53.0 Å². The number of aliphatic hydroxyl groups excluding tert-OH is 1. The van der Waals surface area contributed by atoms with E-state index in [1.807, 2.05) is 20.8 Å². The van der Waals surface area contributed by atoms with Gasteiger partial charge in [-0.1, -0.05) is 26.0 Å². The lowest BCUT2D eigenvalue weighted by Crippen LogP contribution is -2.57. The number of hydrogen-bond acceptors (Lipinski definition) is 17. The molecule has 2 aliphatic carbocycles. The molecule has 2 aromatic carbocycles. The highest BCUT2D eigenvalue weighted by atomic mass is 16.7. The molecule has 3 unspecified atom stereocenters. The van der Waals surface area contributed by atoms with Crippen molar-refractivity contribution in [2.45, 2.75) is 83.8 Å². The van der Waals surface area contributed by atoms with Gasteiger partial charge in [0.1, 0.15) is 17.2 Å². The molecule has 4 fully saturated rings. The molecule has 6 atom stereocenters. The smallest absolute Gasteiger partial charge is 0.239 e. The first-order valence-corrected chi connectivity index (χ1v) is 25.1. The fourth-order valence-corrected chi connectivity index (χ4v) is 10.3. The number of ketones is 2. The Morgan fingerprint density at radius 3 is 2.08 bits per heavy atom. The lowest BCUT2D eigenvalue weighted by atomic mass is 9.75. The number of hydrogen-bond donors (Lipinski definition) is 7. The van der Waals surface area contributed by atoms with Crippen molar-refractivity contribution in [2.75, 3.05) is 86.3 Å². The van der Waals surface area contributed by atoms with Crippen LogP contribution < -0.4 is 26.0 Å². The number of carbonyl (C=O) groups is 9. The van der Waals surface area contributed by atoms with Crippen molar-refractivity contribution >= 4 is 52.9 Å². The number of phenols is 2. The number of rotatable bonds is 16. The molecule has 4 aliphatic heterocycles. The Labute approximate surface area is 427 Å². The molecule has 6 aliphatic rings. The van der Waals surface area contributed by atoms with E-state index in [1.165, 1.54) is 19.2 Å². The van der Waals surface area contributed by atoms with Crippen LogP contribution in [0.15, 0.2) is 18.2 Å². The van der Waals surface area contributed by atoms with Crippen LogP contribution in [-0.4, -0.2) is 194 Å². The Morgan fingerprint density at radius 2 is 1.43 bits per heavy atom. The number of amides is 7. The second-order valence-electron chi connectivity index (χ2n) is 19.8. The molecule has 74 heavy (non-hydrogen) atoms. The Kier molecular flexibility index (Phi) is 18.1. The van der Waals surface area contributed by atoms with Gasteiger partial charge < -0.3 is 60.4 Å². The SMILES string of the molecule is CO[C@@H]1CN(C2CCO[C@@H](C)[C@H]2O)CCO1.COc1cccc2c1C(=O)c1c(O)c3c(c(O)c1C2=O)CC(C(=O)N1CC(CNC(=O)CNC(=O)CNC(=O)CNC(=O)CCN2C(=O)CC(C(C)C)C2=O)C1)CC3. The largest absolute Gasteiger partial charge is 0.507 e. The fraction of sp³-hybridized carbons (Fsp3) is 0.588. The predicted molar refractivity (Wildman–Crippen MR) is 260 cm³/mol. The number of methoxy groups -OCH3 is 2. The lowest BCUT2D eigenvalue weighted by Gasteiger charge is -2.43. The summed E-state index contributed by atoms with van der Waals surface area (Å²) in [5, 5.41) is 42.4. The molecule has 8 rings (SSSR count). The number of nitrogens with one attached hydrogen (secondary N) is 4. The highest BCUT2D eigenvalue weighted by molar-refractivity contribution is 6.31. The summed E-state index contributed by atoms with van der Waals surface area (Å²) in [5.74, 6) is -6.02. The van der Waals surface area contributed by atoms with Crippen molar-refractivity contribution in [3.8, 4) is 17.2 Å².